The van der Waals surface area contributed by atoms with E-state index in [1.807, 2.05) is 0 Å². The van der Waals surface area contributed by atoms with E-state index in [-0.39, 0.29) is 21.6 Å². The predicted molar refractivity (Wildman–Crippen MR) is 107 cm³/mol. The number of piperazine rings is 1. The number of sulfone groups is 1. The highest BCUT2D eigenvalue weighted by molar-refractivity contribution is 7.90. The van der Waals surface area contributed by atoms with Crippen LogP contribution < -0.4 is 4.90 Å². The van der Waals surface area contributed by atoms with Crippen LogP contribution in [0.5, 0.6) is 0 Å². The van der Waals surface area contributed by atoms with Gasteiger partial charge in [-0.2, -0.15) is 13.2 Å². The molecule has 1 amide bonds. The van der Waals surface area contributed by atoms with Crippen LogP contribution >= 0.6 is 11.6 Å². The summed E-state index contributed by atoms with van der Waals surface area (Å²) in [6.45, 7) is 2.96. The first-order valence-corrected chi connectivity index (χ1v) is 11.2. The predicted octanol–water partition coefficient (Wildman–Crippen LogP) is 3.43. The number of hydrogen-bond acceptors (Lipinski definition) is 5. The summed E-state index contributed by atoms with van der Waals surface area (Å²) in [4.78, 5) is 20.1. The molecular formula is C19H19ClF3N3O3S. The van der Waals surface area contributed by atoms with Gasteiger partial charge in [-0.05, 0) is 30.7 Å². The molecule has 0 aliphatic carbocycles. The molecule has 2 aromatic rings. The Morgan fingerprint density at radius 1 is 1.13 bits per heavy atom. The molecule has 2 heterocycles. The largest absolute Gasteiger partial charge is 0.417 e. The highest BCUT2D eigenvalue weighted by atomic mass is 35.5. The first kappa shape index (κ1) is 22.4. The Hall–Kier alpha value is -2.33. The van der Waals surface area contributed by atoms with Crippen molar-refractivity contribution in [3.05, 3.63) is 52.2 Å². The summed E-state index contributed by atoms with van der Waals surface area (Å²) in [5.74, 6) is -0.0730. The van der Waals surface area contributed by atoms with Crippen molar-refractivity contribution in [1.29, 1.82) is 0 Å². The molecule has 0 saturated carbocycles. The molecular weight excluding hydrogens is 443 g/mol. The fourth-order valence-electron chi connectivity index (χ4n) is 3.17. The summed E-state index contributed by atoms with van der Waals surface area (Å²) in [5, 5.41) is -0.110. The van der Waals surface area contributed by atoms with Gasteiger partial charge in [0.25, 0.3) is 5.91 Å². The number of aryl methyl sites for hydroxylation is 1. The zero-order valence-corrected chi connectivity index (χ0v) is 17.8. The molecule has 1 aliphatic heterocycles. The Labute approximate surface area is 177 Å². The normalized spacial score (nSPS) is 15.4. The second kappa shape index (κ2) is 8.07. The van der Waals surface area contributed by atoms with E-state index in [1.165, 1.54) is 12.1 Å². The van der Waals surface area contributed by atoms with E-state index < -0.39 is 21.6 Å². The monoisotopic (exact) mass is 461 g/mol. The Morgan fingerprint density at radius 2 is 1.77 bits per heavy atom. The van der Waals surface area contributed by atoms with Crippen LogP contribution in [0.4, 0.5) is 19.0 Å². The number of halogens is 4. The first-order chi connectivity index (χ1) is 13.9. The van der Waals surface area contributed by atoms with Crippen LogP contribution in [0, 0.1) is 6.92 Å². The van der Waals surface area contributed by atoms with Crippen molar-refractivity contribution in [3.63, 3.8) is 0 Å². The Morgan fingerprint density at radius 3 is 2.30 bits per heavy atom. The molecule has 1 aliphatic rings. The highest BCUT2D eigenvalue weighted by Gasteiger charge is 2.32. The molecule has 3 rings (SSSR count). The second-order valence-corrected chi connectivity index (χ2v) is 9.48. The van der Waals surface area contributed by atoms with Gasteiger partial charge in [0.2, 0.25) is 0 Å². The van der Waals surface area contributed by atoms with Crippen LogP contribution in [0.15, 0.2) is 35.4 Å². The van der Waals surface area contributed by atoms with Crippen molar-refractivity contribution in [3.8, 4) is 0 Å². The van der Waals surface area contributed by atoms with Gasteiger partial charge in [-0.1, -0.05) is 17.7 Å². The number of carbonyl (C=O) groups is 1. The summed E-state index contributed by atoms with van der Waals surface area (Å²) in [7, 11) is -3.45. The Bertz CT molecular complexity index is 1080. The number of nitrogens with zero attached hydrogens (tertiary/aromatic N) is 3. The van der Waals surface area contributed by atoms with E-state index in [9.17, 15) is 26.4 Å². The minimum absolute atomic E-state index is 0.0656. The van der Waals surface area contributed by atoms with Crippen molar-refractivity contribution < 1.29 is 26.4 Å². The number of amides is 1. The van der Waals surface area contributed by atoms with Gasteiger partial charge < -0.3 is 9.80 Å². The van der Waals surface area contributed by atoms with Gasteiger partial charge >= 0.3 is 6.18 Å². The van der Waals surface area contributed by atoms with Crippen molar-refractivity contribution in [2.24, 2.45) is 0 Å². The van der Waals surface area contributed by atoms with E-state index in [2.05, 4.69) is 4.98 Å². The fourth-order valence-corrected chi connectivity index (χ4v) is 4.11. The lowest BCUT2D eigenvalue weighted by atomic mass is 10.1. The van der Waals surface area contributed by atoms with Crippen molar-refractivity contribution in [2.45, 2.75) is 18.0 Å². The third-order valence-corrected chi connectivity index (χ3v) is 6.27. The van der Waals surface area contributed by atoms with Gasteiger partial charge in [0, 0.05) is 44.2 Å². The molecule has 1 saturated heterocycles. The minimum atomic E-state index is -4.53. The van der Waals surface area contributed by atoms with Crippen LogP contribution in [0.25, 0.3) is 0 Å². The summed E-state index contributed by atoms with van der Waals surface area (Å²) in [6, 6.07) is 5.25. The third kappa shape index (κ3) is 4.70. The van der Waals surface area contributed by atoms with Crippen LogP contribution in [0.1, 0.15) is 21.5 Å². The molecule has 0 radical (unpaired) electrons. The number of pyridine rings is 1. The molecule has 162 valence electrons. The van der Waals surface area contributed by atoms with E-state index in [4.69, 9.17) is 11.6 Å². The number of aromatic nitrogens is 1. The average Bonchev–Trinajstić information content (AvgIpc) is 2.66. The van der Waals surface area contributed by atoms with Crippen LogP contribution in [0.2, 0.25) is 5.02 Å². The number of rotatable bonds is 3. The zero-order chi connectivity index (χ0) is 22.3. The molecule has 11 heteroatoms. The standard InChI is InChI=1S/C19H19ClF3N3O3S/c1-12-3-4-14(30(2,28)29)10-15(12)18(27)26-7-5-25(6-8-26)17-16(20)9-13(11-24-17)19(21,22)23/h3-4,9-11H,5-8H2,1-2H3. The molecule has 6 nitrogen and oxygen atoms in total. The number of hydrogen-bond donors (Lipinski definition) is 0. The first-order valence-electron chi connectivity index (χ1n) is 8.95. The minimum Gasteiger partial charge on any atom is -0.352 e. The molecule has 0 N–H and O–H groups in total. The molecule has 0 atom stereocenters. The van der Waals surface area contributed by atoms with Crippen LogP contribution in [-0.4, -0.2) is 56.6 Å². The molecule has 0 unspecified atom stereocenters. The smallest absolute Gasteiger partial charge is 0.352 e. The SMILES string of the molecule is Cc1ccc(S(C)(=O)=O)cc1C(=O)N1CCN(c2ncc(C(F)(F)F)cc2Cl)CC1. The van der Waals surface area contributed by atoms with Gasteiger partial charge in [0.05, 0.1) is 15.5 Å². The molecule has 1 aromatic carbocycles. The van der Waals surface area contributed by atoms with E-state index in [0.717, 1.165) is 18.5 Å². The van der Waals surface area contributed by atoms with Crippen molar-refractivity contribution in [2.75, 3.05) is 37.3 Å². The lowest BCUT2D eigenvalue weighted by molar-refractivity contribution is -0.137. The molecule has 1 fully saturated rings. The van der Waals surface area contributed by atoms with E-state index in [1.54, 1.807) is 22.8 Å². The maximum absolute atomic E-state index is 12.9. The van der Waals surface area contributed by atoms with E-state index in [0.29, 0.717) is 37.3 Å². The number of alkyl halides is 3. The number of benzene rings is 1. The molecule has 0 bridgehead atoms. The van der Waals surface area contributed by atoms with Crippen LogP contribution in [-0.2, 0) is 16.0 Å². The third-order valence-electron chi connectivity index (χ3n) is 4.88. The maximum Gasteiger partial charge on any atom is 0.417 e. The van der Waals surface area contributed by atoms with Gasteiger partial charge in [-0.15, -0.1) is 0 Å². The van der Waals surface area contributed by atoms with Gasteiger partial charge in [0.1, 0.15) is 5.82 Å². The maximum atomic E-state index is 12.9. The lowest BCUT2D eigenvalue weighted by Crippen LogP contribution is -2.49. The summed E-state index contributed by atoms with van der Waals surface area (Å²) < 4.78 is 61.9. The van der Waals surface area contributed by atoms with Gasteiger partial charge in [-0.25, -0.2) is 13.4 Å². The Kier molecular flexibility index (Phi) is 6.01. The molecule has 0 spiro atoms. The average molecular weight is 462 g/mol. The van der Waals surface area contributed by atoms with Gasteiger partial charge in [-0.3, -0.25) is 4.79 Å². The summed E-state index contributed by atoms with van der Waals surface area (Å²) in [5.41, 5.74) is 0.0330. The summed E-state index contributed by atoms with van der Waals surface area (Å²) >= 11 is 6.00. The highest BCUT2D eigenvalue weighted by Crippen LogP contribution is 2.33. The number of anilines is 1. The van der Waals surface area contributed by atoms with E-state index >= 15 is 0 Å². The number of carbonyl (C=O) groups excluding carboxylic acids is 1. The Balaban J connectivity index is 1.74. The van der Waals surface area contributed by atoms with Crippen LogP contribution in [0.3, 0.4) is 0 Å². The lowest BCUT2D eigenvalue weighted by Gasteiger charge is -2.36. The zero-order valence-electron chi connectivity index (χ0n) is 16.2. The topological polar surface area (TPSA) is 70.6 Å². The second-order valence-electron chi connectivity index (χ2n) is 7.06. The molecule has 1 aromatic heterocycles. The van der Waals surface area contributed by atoms with Crippen molar-refractivity contribution in [1.82, 2.24) is 9.88 Å². The van der Waals surface area contributed by atoms with Gasteiger partial charge in [0.15, 0.2) is 9.84 Å². The molecule has 30 heavy (non-hydrogen) atoms. The summed E-state index contributed by atoms with van der Waals surface area (Å²) in [6.07, 6.45) is -2.72. The van der Waals surface area contributed by atoms with Crippen molar-refractivity contribution >= 4 is 33.2 Å². The quantitative estimate of drug-likeness (QED) is 0.700. The fraction of sp³-hybridized carbons (Fsp3) is 0.368.